The average Bonchev–Trinajstić information content (AvgIpc) is 3.03. The third kappa shape index (κ3) is 4.50. The van der Waals surface area contributed by atoms with Gasteiger partial charge < -0.3 is 10.6 Å². The number of aromatic nitrogens is 1. The molecule has 1 fully saturated rings. The largest absolute Gasteiger partial charge is 0.362 e. The molecule has 1 aromatic heterocycles. The van der Waals surface area contributed by atoms with Crippen molar-refractivity contribution in [2.24, 2.45) is 0 Å². The van der Waals surface area contributed by atoms with Gasteiger partial charge in [0.25, 0.3) is 0 Å². The topological polar surface area (TPSA) is 37.0 Å². The van der Waals surface area contributed by atoms with Crippen LogP contribution >= 0.6 is 23.8 Å². The van der Waals surface area contributed by atoms with Crippen molar-refractivity contribution in [1.82, 2.24) is 10.3 Å². The highest BCUT2D eigenvalue weighted by molar-refractivity contribution is 7.80. The zero-order chi connectivity index (χ0) is 17.9. The van der Waals surface area contributed by atoms with Gasteiger partial charge in [-0.1, -0.05) is 36.6 Å². The number of pyridine rings is 1. The minimum Gasteiger partial charge on any atom is -0.362 e. The summed E-state index contributed by atoms with van der Waals surface area (Å²) in [5.74, 6) is 0.793. The molecule has 0 radical (unpaired) electrons. The van der Waals surface area contributed by atoms with E-state index in [2.05, 4.69) is 40.7 Å². The van der Waals surface area contributed by atoms with Gasteiger partial charge in [0.15, 0.2) is 5.11 Å². The summed E-state index contributed by atoms with van der Waals surface area (Å²) in [6.45, 7) is 4.87. The molecule has 1 aliphatic carbocycles. The molecule has 0 aliphatic heterocycles. The van der Waals surface area contributed by atoms with E-state index in [9.17, 15) is 0 Å². The molecule has 1 aliphatic rings. The summed E-state index contributed by atoms with van der Waals surface area (Å²) < 4.78 is 0. The van der Waals surface area contributed by atoms with Crippen molar-refractivity contribution < 1.29 is 0 Å². The highest BCUT2D eigenvalue weighted by atomic mass is 35.5. The van der Waals surface area contributed by atoms with Crippen LogP contribution in [-0.2, 0) is 5.41 Å². The first-order chi connectivity index (χ1) is 12.0. The van der Waals surface area contributed by atoms with Crippen LogP contribution in [0.3, 0.4) is 0 Å². The standard InChI is InChI=1S/C20H24ClN3S/c1-14-11-15(2)23-18(12-14)24-19(25)22-13-20(9-3-4-10-20)16-5-7-17(21)8-6-16/h5-8,11-12H,3-4,9-10,13H2,1-2H3,(H2,22,23,24,25). The molecule has 0 amide bonds. The van der Waals surface area contributed by atoms with E-state index >= 15 is 0 Å². The quantitative estimate of drug-likeness (QED) is 0.726. The minimum atomic E-state index is 0.131. The highest BCUT2D eigenvalue weighted by Gasteiger charge is 2.35. The smallest absolute Gasteiger partial charge is 0.171 e. The Kier molecular flexibility index (Phi) is 5.60. The second-order valence-corrected chi connectivity index (χ2v) is 7.82. The van der Waals surface area contributed by atoms with Gasteiger partial charge in [0, 0.05) is 22.7 Å². The summed E-state index contributed by atoms with van der Waals surface area (Å²) in [6, 6.07) is 12.3. The van der Waals surface area contributed by atoms with E-state index in [-0.39, 0.29) is 5.41 Å². The van der Waals surface area contributed by atoms with E-state index in [0.29, 0.717) is 5.11 Å². The van der Waals surface area contributed by atoms with E-state index in [1.807, 2.05) is 25.1 Å². The Morgan fingerprint density at radius 1 is 1.16 bits per heavy atom. The monoisotopic (exact) mass is 373 g/mol. The molecule has 25 heavy (non-hydrogen) atoms. The number of rotatable bonds is 4. The number of aryl methyl sites for hydroxylation is 2. The lowest BCUT2D eigenvalue weighted by Crippen LogP contribution is -2.40. The van der Waals surface area contributed by atoms with Crippen molar-refractivity contribution in [3.63, 3.8) is 0 Å². The van der Waals surface area contributed by atoms with Crippen LogP contribution < -0.4 is 10.6 Å². The van der Waals surface area contributed by atoms with Crippen LogP contribution in [0.4, 0.5) is 5.82 Å². The molecule has 0 unspecified atom stereocenters. The van der Waals surface area contributed by atoms with Crippen LogP contribution in [0, 0.1) is 13.8 Å². The minimum absolute atomic E-state index is 0.131. The maximum Gasteiger partial charge on any atom is 0.171 e. The number of nitrogens with zero attached hydrogens (tertiary/aromatic N) is 1. The number of hydrogen-bond donors (Lipinski definition) is 2. The van der Waals surface area contributed by atoms with Gasteiger partial charge >= 0.3 is 0 Å². The molecular weight excluding hydrogens is 350 g/mol. The Bertz CT molecular complexity index is 732. The summed E-state index contributed by atoms with van der Waals surface area (Å²) in [4.78, 5) is 4.49. The third-order valence-corrected chi connectivity index (χ3v) is 5.44. The van der Waals surface area contributed by atoms with Gasteiger partial charge in [0.05, 0.1) is 0 Å². The van der Waals surface area contributed by atoms with Gasteiger partial charge in [-0.05, 0) is 74.3 Å². The Balaban J connectivity index is 1.67. The number of nitrogens with one attached hydrogen (secondary N) is 2. The van der Waals surface area contributed by atoms with Crippen LogP contribution in [0.25, 0.3) is 0 Å². The Morgan fingerprint density at radius 2 is 1.84 bits per heavy atom. The lowest BCUT2D eigenvalue weighted by atomic mass is 9.79. The SMILES string of the molecule is Cc1cc(C)nc(NC(=S)NCC2(c3ccc(Cl)cc3)CCCC2)c1. The van der Waals surface area contributed by atoms with Crippen LogP contribution in [-0.4, -0.2) is 16.6 Å². The molecule has 1 heterocycles. The lowest BCUT2D eigenvalue weighted by Gasteiger charge is -2.30. The van der Waals surface area contributed by atoms with Crippen LogP contribution in [0.2, 0.25) is 5.02 Å². The Hall–Kier alpha value is -1.65. The van der Waals surface area contributed by atoms with Crippen molar-refractivity contribution >= 4 is 34.7 Å². The molecule has 5 heteroatoms. The molecule has 0 saturated heterocycles. The van der Waals surface area contributed by atoms with Gasteiger partial charge in [-0.3, -0.25) is 0 Å². The predicted octanol–water partition coefficient (Wildman–Crippen LogP) is 5.15. The number of thiocarbonyl (C=S) groups is 1. The molecule has 0 atom stereocenters. The maximum absolute atomic E-state index is 6.05. The third-order valence-electron chi connectivity index (χ3n) is 4.94. The van der Waals surface area contributed by atoms with Crippen LogP contribution in [0.5, 0.6) is 0 Å². The summed E-state index contributed by atoms with van der Waals surface area (Å²) in [6.07, 6.45) is 4.85. The average molecular weight is 374 g/mol. The summed E-state index contributed by atoms with van der Waals surface area (Å²) in [5.41, 5.74) is 3.63. The van der Waals surface area contributed by atoms with Gasteiger partial charge in [0.1, 0.15) is 5.82 Å². The van der Waals surface area contributed by atoms with Crippen molar-refractivity contribution in [3.8, 4) is 0 Å². The zero-order valence-corrected chi connectivity index (χ0v) is 16.3. The molecule has 2 N–H and O–H groups in total. The van der Waals surface area contributed by atoms with Gasteiger partial charge in [-0.2, -0.15) is 0 Å². The van der Waals surface area contributed by atoms with E-state index in [4.69, 9.17) is 23.8 Å². The second-order valence-electron chi connectivity index (χ2n) is 6.97. The Morgan fingerprint density at radius 3 is 2.48 bits per heavy atom. The summed E-state index contributed by atoms with van der Waals surface area (Å²) in [7, 11) is 0. The van der Waals surface area contributed by atoms with E-state index < -0.39 is 0 Å². The molecule has 132 valence electrons. The molecule has 2 aromatic rings. The fourth-order valence-corrected chi connectivity index (χ4v) is 4.04. The van der Waals surface area contributed by atoms with Gasteiger partial charge in [0.2, 0.25) is 0 Å². The predicted molar refractivity (Wildman–Crippen MR) is 110 cm³/mol. The van der Waals surface area contributed by atoms with E-state index in [0.717, 1.165) is 23.1 Å². The molecule has 1 aromatic carbocycles. The number of hydrogen-bond acceptors (Lipinski definition) is 2. The van der Waals surface area contributed by atoms with Crippen LogP contribution in [0.1, 0.15) is 42.5 Å². The first-order valence-corrected chi connectivity index (χ1v) is 9.52. The highest BCUT2D eigenvalue weighted by Crippen LogP contribution is 2.40. The van der Waals surface area contributed by atoms with Crippen molar-refractivity contribution in [2.75, 3.05) is 11.9 Å². The van der Waals surface area contributed by atoms with Gasteiger partial charge in [-0.25, -0.2) is 4.98 Å². The first-order valence-electron chi connectivity index (χ1n) is 8.73. The number of halogens is 1. The molecule has 0 spiro atoms. The first kappa shape index (κ1) is 18.2. The van der Waals surface area contributed by atoms with Crippen molar-refractivity contribution in [1.29, 1.82) is 0 Å². The number of benzene rings is 1. The fourth-order valence-electron chi connectivity index (χ4n) is 3.74. The van der Waals surface area contributed by atoms with E-state index in [1.54, 1.807) is 0 Å². The molecule has 3 rings (SSSR count). The van der Waals surface area contributed by atoms with E-state index in [1.165, 1.54) is 36.8 Å². The van der Waals surface area contributed by atoms with Crippen molar-refractivity contribution in [3.05, 3.63) is 58.2 Å². The maximum atomic E-state index is 6.05. The normalized spacial score (nSPS) is 15.8. The molecular formula is C20H24ClN3S. The lowest BCUT2D eigenvalue weighted by molar-refractivity contribution is 0.435. The fraction of sp³-hybridized carbons (Fsp3) is 0.400. The zero-order valence-electron chi connectivity index (χ0n) is 14.7. The number of anilines is 1. The summed E-state index contributed by atoms with van der Waals surface area (Å²) >= 11 is 11.5. The molecule has 3 nitrogen and oxygen atoms in total. The van der Waals surface area contributed by atoms with Crippen molar-refractivity contribution in [2.45, 2.75) is 44.9 Å². The van der Waals surface area contributed by atoms with Crippen LogP contribution in [0.15, 0.2) is 36.4 Å². The molecule has 0 bridgehead atoms. The Labute approximate surface area is 160 Å². The molecule has 1 saturated carbocycles. The van der Waals surface area contributed by atoms with Gasteiger partial charge in [-0.15, -0.1) is 0 Å². The second kappa shape index (κ2) is 7.71. The summed E-state index contributed by atoms with van der Waals surface area (Å²) in [5, 5.41) is 8.03.